The Bertz CT molecular complexity index is 1320. The minimum Gasteiger partial charge on any atom is -0.466 e. The molecule has 0 aromatic rings. The second-order valence-corrected chi connectivity index (χ2v) is 28.1. The maximum Gasteiger partial charge on any atom is 0.305 e. The summed E-state index contributed by atoms with van der Waals surface area (Å²) in [6.07, 6.45) is 97.7. The van der Waals surface area contributed by atoms with Gasteiger partial charge in [0.05, 0.1) is 25.4 Å². The van der Waals surface area contributed by atoms with Crippen LogP contribution in [-0.2, 0) is 14.3 Å². The zero-order valence-corrected chi connectivity index (χ0v) is 59.5. The highest BCUT2D eigenvalue weighted by Gasteiger charge is 2.18. The number of hydrogen-bond donors (Lipinski definition) is 3. The average Bonchev–Trinajstić information content (AvgIpc) is 3.53. The first-order valence-corrected chi connectivity index (χ1v) is 40.5. The molecule has 0 aliphatic rings. The number of unbranched alkanes of at least 4 members (excludes halogenated alkanes) is 66. The molecule has 6 heteroatoms. The number of rotatable bonds is 77. The van der Waals surface area contributed by atoms with E-state index in [1.54, 1.807) is 6.08 Å². The SMILES string of the molecule is CCCCCCCCCCCCCCCCCCCCCCCC/C=C/C(O)C(CO)NC(=O)CCCCCCCCCCCCCCCCCCCCCCCCCCCCCCOC(=O)CCCCCCCCCCCCCCCCCCCC. The summed E-state index contributed by atoms with van der Waals surface area (Å²) in [5.74, 6) is -0.0346. The summed E-state index contributed by atoms with van der Waals surface area (Å²) in [6.45, 7) is 4.97. The first kappa shape index (κ1) is 85.6. The third-order valence-electron chi connectivity index (χ3n) is 19.3. The van der Waals surface area contributed by atoms with Crippen molar-refractivity contribution in [3.8, 4) is 0 Å². The van der Waals surface area contributed by atoms with Gasteiger partial charge in [-0.05, 0) is 32.1 Å². The summed E-state index contributed by atoms with van der Waals surface area (Å²) in [4.78, 5) is 24.7. The van der Waals surface area contributed by atoms with Crippen molar-refractivity contribution in [2.24, 2.45) is 0 Å². The number of nitrogens with one attached hydrogen (secondary N) is 1. The molecule has 0 aromatic heterocycles. The second kappa shape index (κ2) is 77.1. The van der Waals surface area contributed by atoms with Gasteiger partial charge in [0.2, 0.25) is 5.91 Å². The fraction of sp³-hybridized carbons (Fsp3) is 0.951. The Labute approximate surface area is 546 Å². The number of carbonyl (C=O) groups is 2. The van der Waals surface area contributed by atoms with Crippen molar-refractivity contribution in [3.05, 3.63) is 12.2 Å². The lowest BCUT2D eigenvalue weighted by atomic mass is 10.0. The predicted molar refractivity (Wildman–Crippen MR) is 384 cm³/mol. The molecule has 0 aliphatic carbocycles. The predicted octanol–water partition coefficient (Wildman–Crippen LogP) is 26.7. The highest BCUT2D eigenvalue weighted by Crippen LogP contribution is 2.20. The maximum atomic E-state index is 12.6. The Hall–Kier alpha value is -1.40. The Balaban J connectivity index is 3.35. The Morgan fingerprint density at radius 1 is 0.310 bits per heavy atom. The van der Waals surface area contributed by atoms with Crippen LogP contribution in [0.2, 0.25) is 0 Å². The number of hydrogen-bond acceptors (Lipinski definition) is 5. The summed E-state index contributed by atoms with van der Waals surface area (Å²) < 4.78 is 5.52. The van der Waals surface area contributed by atoms with Crippen molar-refractivity contribution >= 4 is 11.9 Å². The number of amides is 1. The van der Waals surface area contributed by atoms with Crippen LogP contribution in [0.15, 0.2) is 12.2 Å². The van der Waals surface area contributed by atoms with Crippen LogP contribution in [0.1, 0.15) is 470 Å². The van der Waals surface area contributed by atoms with Gasteiger partial charge in [0.25, 0.3) is 0 Å². The van der Waals surface area contributed by atoms with Gasteiger partial charge in [-0.1, -0.05) is 437 Å². The summed E-state index contributed by atoms with van der Waals surface area (Å²) in [6, 6.07) is -0.626. The van der Waals surface area contributed by atoms with Gasteiger partial charge in [-0.15, -0.1) is 0 Å². The molecule has 2 unspecified atom stereocenters. The second-order valence-electron chi connectivity index (χ2n) is 28.1. The van der Waals surface area contributed by atoms with Gasteiger partial charge in [-0.2, -0.15) is 0 Å². The molecule has 3 N–H and O–H groups in total. The average molecular weight is 1230 g/mol. The quantitative estimate of drug-likeness (QED) is 0.0320. The third-order valence-corrected chi connectivity index (χ3v) is 19.3. The van der Waals surface area contributed by atoms with Crippen molar-refractivity contribution < 1.29 is 24.5 Å². The van der Waals surface area contributed by atoms with E-state index in [-0.39, 0.29) is 18.5 Å². The molecule has 0 aliphatic heterocycles. The van der Waals surface area contributed by atoms with Gasteiger partial charge in [-0.25, -0.2) is 0 Å². The maximum absolute atomic E-state index is 12.6. The topological polar surface area (TPSA) is 95.9 Å². The molecule has 0 radical (unpaired) electrons. The molecular weight excluding hydrogens is 1070 g/mol. The minimum absolute atomic E-state index is 0.0243. The van der Waals surface area contributed by atoms with Crippen molar-refractivity contribution in [1.82, 2.24) is 5.32 Å². The van der Waals surface area contributed by atoms with Gasteiger partial charge < -0.3 is 20.3 Å². The number of ether oxygens (including phenoxy) is 1. The molecule has 0 rings (SSSR count). The molecule has 0 bridgehead atoms. The standard InChI is InChI=1S/C81H159NO5/c1-3-5-7-9-11-13-15-17-19-21-23-24-25-32-35-38-41-45-49-53-57-61-65-69-73-79(84)78(77-83)82-80(85)74-70-66-62-58-54-50-46-42-39-36-33-30-28-26-27-29-31-34-37-40-44-48-52-56-60-64-68-72-76-87-81(86)75-71-67-63-59-55-51-47-43-22-20-18-16-14-12-10-8-6-4-2/h69,73,78-79,83-84H,3-68,70-72,74-77H2,1-2H3,(H,82,85)/b73-69+. The molecule has 518 valence electrons. The number of esters is 1. The highest BCUT2D eigenvalue weighted by atomic mass is 16.5. The number of carbonyl (C=O) groups excluding carboxylic acids is 2. The van der Waals surface area contributed by atoms with E-state index in [1.807, 2.05) is 6.08 Å². The Morgan fingerprint density at radius 2 is 0.529 bits per heavy atom. The summed E-state index contributed by atoms with van der Waals surface area (Å²) >= 11 is 0. The van der Waals surface area contributed by atoms with E-state index in [9.17, 15) is 19.8 Å². The number of aliphatic hydroxyl groups is 2. The fourth-order valence-corrected chi connectivity index (χ4v) is 13.2. The molecule has 0 aromatic carbocycles. The van der Waals surface area contributed by atoms with E-state index >= 15 is 0 Å². The molecule has 2 atom stereocenters. The van der Waals surface area contributed by atoms with Gasteiger partial charge in [0, 0.05) is 12.8 Å². The van der Waals surface area contributed by atoms with Gasteiger partial charge in [0.15, 0.2) is 0 Å². The smallest absolute Gasteiger partial charge is 0.305 e. The zero-order valence-electron chi connectivity index (χ0n) is 59.5. The molecule has 0 heterocycles. The molecule has 0 saturated carbocycles. The normalized spacial score (nSPS) is 12.5. The first-order chi connectivity index (χ1) is 43.0. The van der Waals surface area contributed by atoms with Crippen molar-refractivity contribution in [2.45, 2.75) is 482 Å². The van der Waals surface area contributed by atoms with Crippen LogP contribution in [0.4, 0.5) is 0 Å². The van der Waals surface area contributed by atoms with Crippen molar-refractivity contribution in [2.75, 3.05) is 13.2 Å². The van der Waals surface area contributed by atoms with Crippen LogP contribution in [0.25, 0.3) is 0 Å². The van der Waals surface area contributed by atoms with Gasteiger partial charge in [-0.3, -0.25) is 9.59 Å². The van der Waals surface area contributed by atoms with E-state index in [0.29, 0.717) is 19.4 Å². The Morgan fingerprint density at radius 3 is 0.782 bits per heavy atom. The van der Waals surface area contributed by atoms with Crippen LogP contribution in [-0.4, -0.2) is 47.4 Å². The van der Waals surface area contributed by atoms with Crippen LogP contribution >= 0.6 is 0 Å². The largest absolute Gasteiger partial charge is 0.466 e. The van der Waals surface area contributed by atoms with Crippen LogP contribution < -0.4 is 5.32 Å². The van der Waals surface area contributed by atoms with Crippen LogP contribution in [0, 0.1) is 0 Å². The lowest BCUT2D eigenvalue weighted by Crippen LogP contribution is -2.45. The molecule has 0 spiro atoms. The molecular formula is C81H159NO5. The van der Waals surface area contributed by atoms with Crippen molar-refractivity contribution in [3.63, 3.8) is 0 Å². The lowest BCUT2D eigenvalue weighted by Gasteiger charge is -2.20. The monoisotopic (exact) mass is 1230 g/mol. The summed E-state index contributed by atoms with van der Waals surface area (Å²) in [5, 5.41) is 23.3. The van der Waals surface area contributed by atoms with E-state index in [2.05, 4.69) is 19.2 Å². The van der Waals surface area contributed by atoms with E-state index < -0.39 is 12.1 Å². The molecule has 6 nitrogen and oxygen atoms in total. The number of allylic oxidation sites excluding steroid dienone is 1. The summed E-state index contributed by atoms with van der Waals surface area (Å²) in [5.41, 5.74) is 0. The zero-order chi connectivity index (χ0) is 62.8. The molecule has 1 amide bonds. The van der Waals surface area contributed by atoms with Gasteiger partial charge in [0.1, 0.15) is 0 Å². The van der Waals surface area contributed by atoms with Gasteiger partial charge >= 0.3 is 5.97 Å². The highest BCUT2D eigenvalue weighted by molar-refractivity contribution is 5.76. The van der Waals surface area contributed by atoms with E-state index in [0.717, 1.165) is 38.5 Å². The first-order valence-electron chi connectivity index (χ1n) is 40.5. The van der Waals surface area contributed by atoms with E-state index in [4.69, 9.17) is 4.74 Å². The van der Waals surface area contributed by atoms with Crippen molar-refractivity contribution in [1.29, 1.82) is 0 Å². The van der Waals surface area contributed by atoms with E-state index in [1.165, 1.54) is 405 Å². The Kier molecular flexibility index (Phi) is 75.8. The molecule has 0 fully saturated rings. The van der Waals surface area contributed by atoms with Crippen LogP contribution in [0.5, 0.6) is 0 Å². The third kappa shape index (κ3) is 73.5. The van der Waals surface area contributed by atoms with Crippen LogP contribution in [0.3, 0.4) is 0 Å². The number of aliphatic hydroxyl groups excluding tert-OH is 2. The minimum atomic E-state index is -0.843. The molecule has 0 saturated heterocycles. The fourth-order valence-electron chi connectivity index (χ4n) is 13.2. The molecule has 87 heavy (non-hydrogen) atoms. The summed E-state index contributed by atoms with van der Waals surface area (Å²) in [7, 11) is 0. The lowest BCUT2D eigenvalue weighted by molar-refractivity contribution is -0.143.